The molecule has 8 heteroatoms. The van der Waals surface area contributed by atoms with Crippen LogP contribution in [0.4, 0.5) is 0 Å². The molecule has 1 saturated heterocycles. The van der Waals surface area contributed by atoms with Gasteiger partial charge >= 0.3 is 0 Å². The Hall–Kier alpha value is -2.22. The second kappa shape index (κ2) is 7.19. The molecule has 0 unspecified atom stereocenters. The lowest BCUT2D eigenvalue weighted by Gasteiger charge is -2.34. The summed E-state index contributed by atoms with van der Waals surface area (Å²) in [5, 5.41) is 8.61. The average molecular weight is 390 g/mol. The van der Waals surface area contributed by atoms with E-state index in [9.17, 15) is 4.79 Å². The van der Waals surface area contributed by atoms with Crippen LogP contribution in [0.25, 0.3) is 16.2 Å². The monoisotopic (exact) mass is 389 g/mol. The molecule has 0 atom stereocenters. The van der Waals surface area contributed by atoms with E-state index in [4.69, 9.17) is 20.9 Å². The lowest BCUT2D eigenvalue weighted by Crippen LogP contribution is -2.49. The van der Waals surface area contributed by atoms with E-state index in [0.717, 1.165) is 15.0 Å². The topological polar surface area (TPSA) is 77.3 Å². The number of amides is 1. The Bertz CT molecular complexity index is 946. The zero-order valence-corrected chi connectivity index (χ0v) is 15.3. The van der Waals surface area contributed by atoms with Crippen LogP contribution >= 0.6 is 22.9 Å². The molecular formula is C18H16ClN3O3S. The summed E-state index contributed by atoms with van der Waals surface area (Å²) in [4.78, 5) is 17.5. The molecule has 0 spiro atoms. The van der Waals surface area contributed by atoms with Crippen molar-refractivity contribution in [3.05, 3.63) is 52.5 Å². The van der Waals surface area contributed by atoms with Crippen molar-refractivity contribution in [3.63, 3.8) is 0 Å². The van der Waals surface area contributed by atoms with Gasteiger partial charge in [-0.1, -0.05) is 35.0 Å². The van der Waals surface area contributed by atoms with Crippen LogP contribution in [0.2, 0.25) is 5.02 Å². The van der Waals surface area contributed by atoms with E-state index in [1.807, 2.05) is 24.3 Å². The van der Waals surface area contributed by atoms with Crippen molar-refractivity contribution in [1.29, 1.82) is 0 Å². The molecule has 1 N–H and O–H groups in total. The summed E-state index contributed by atoms with van der Waals surface area (Å²) in [6, 6.07) is 7.89. The Labute approximate surface area is 158 Å². The first-order valence-electron chi connectivity index (χ1n) is 8.20. The van der Waals surface area contributed by atoms with Crippen molar-refractivity contribution < 1.29 is 14.1 Å². The fourth-order valence-corrected chi connectivity index (χ4v) is 4.47. The molecule has 2 aromatic heterocycles. The molecule has 1 fully saturated rings. The van der Waals surface area contributed by atoms with Crippen LogP contribution in [0.5, 0.6) is 0 Å². The fourth-order valence-electron chi connectivity index (χ4n) is 3.07. The number of benzene rings is 1. The first-order chi connectivity index (χ1) is 12.7. The van der Waals surface area contributed by atoms with Crippen molar-refractivity contribution in [1.82, 2.24) is 15.5 Å². The molecule has 0 aliphatic carbocycles. The van der Waals surface area contributed by atoms with E-state index >= 15 is 0 Å². The highest BCUT2D eigenvalue weighted by Gasteiger charge is 2.39. The highest BCUT2D eigenvalue weighted by molar-refractivity contribution is 7.20. The van der Waals surface area contributed by atoms with E-state index in [0.29, 0.717) is 36.9 Å². The van der Waals surface area contributed by atoms with Crippen molar-refractivity contribution in [2.24, 2.45) is 0 Å². The zero-order valence-electron chi connectivity index (χ0n) is 13.8. The van der Waals surface area contributed by atoms with E-state index in [1.54, 1.807) is 17.4 Å². The maximum Gasteiger partial charge on any atom is 0.244 e. The van der Waals surface area contributed by atoms with Crippen LogP contribution in [-0.4, -0.2) is 29.3 Å². The molecule has 0 bridgehead atoms. The van der Waals surface area contributed by atoms with Crippen LogP contribution in [0.15, 0.2) is 41.3 Å². The summed E-state index contributed by atoms with van der Waals surface area (Å²) in [6.07, 6.45) is 5.69. The molecule has 6 nitrogen and oxygen atoms in total. The number of rotatable bonds is 4. The highest BCUT2D eigenvalue weighted by atomic mass is 35.5. The molecule has 1 aromatic carbocycles. The third-order valence-corrected chi connectivity index (χ3v) is 6.10. The number of hydrogen-bond donors (Lipinski definition) is 1. The average Bonchev–Trinajstić information content (AvgIpc) is 3.30. The number of fused-ring (bicyclic) bond motifs is 1. The largest absolute Gasteiger partial charge is 0.381 e. The Balaban J connectivity index is 1.55. The SMILES string of the molecule is O=C(C=Cc1sc2ccccc2c1Cl)NC1(c2ncon2)CCOCC1. The maximum atomic E-state index is 12.5. The van der Waals surface area contributed by atoms with Crippen LogP contribution in [0.3, 0.4) is 0 Å². The molecular weight excluding hydrogens is 374 g/mol. The number of hydrogen-bond acceptors (Lipinski definition) is 6. The van der Waals surface area contributed by atoms with Gasteiger partial charge in [-0.3, -0.25) is 4.79 Å². The van der Waals surface area contributed by atoms with Crippen LogP contribution in [-0.2, 0) is 15.1 Å². The Morgan fingerprint density at radius 2 is 2.12 bits per heavy atom. The predicted octanol–water partition coefficient (Wildman–Crippen LogP) is 3.77. The summed E-state index contributed by atoms with van der Waals surface area (Å²) >= 11 is 7.97. The normalized spacial score (nSPS) is 17.0. The molecule has 134 valence electrons. The Morgan fingerprint density at radius 3 is 2.85 bits per heavy atom. The molecule has 4 rings (SSSR count). The molecule has 0 saturated carbocycles. The summed E-state index contributed by atoms with van der Waals surface area (Å²) < 4.78 is 11.4. The second-order valence-corrected chi connectivity index (χ2v) is 7.51. The first kappa shape index (κ1) is 17.2. The lowest BCUT2D eigenvalue weighted by atomic mass is 9.89. The van der Waals surface area contributed by atoms with E-state index in [2.05, 4.69) is 15.5 Å². The number of nitrogens with zero attached hydrogens (tertiary/aromatic N) is 2. The molecule has 3 aromatic rings. The minimum absolute atomic E-state index is 0.231. The van der Waals surface area contributed by atoms with Gasteiger partial charge in [0.15, 0.2) is 5.82 Å². The third-order valence-electron chi connectivity index (χ3n) is 4.44. The number of thiophene rings is 1. The van der Waals surface area contributed by atoms with Gasteiger partial charge in [0, 0.05) is 47.1 Å². The number of carbonyl (C=O) groups excluding carboxylic acids is 1. The van der Waals surface area contributed by atoms with Crippen LogP contribution in [0, 0.1) is 0 Å². The molecule has 26 heavy (non-hydrogen) atoms. The van der Waals surface area contributed by atoms with Gasteiger partial charge in [0.05, 0.1) is 5.02 Å². The predicted molar refractivity (Wildman–Crippen MR) is 100 cm³/mol. The zero-order chi connectivity index (χ0) is 18.0. The van der Waals surface area contributed by atoms with Gasteiger partial charge in [-0.25, -0.2) is 0 Å². The minimum atomic E-state index is -0.670. The summed E-state index contributed by atoms with van der Waals surface area (Å²) in [5.74, 6) is 0.243. The van der Waals surface area contributed by atoms with Gasteiger partial charge in [0.2, 0.25) is 12.3 Å². The molecule has 0 radical (unpaired) electrons. The smallest absolute Gasteiger partial charge is 0.244 e. The number of carbonyl (C=O) groups is 1. The van der Waals surface area contributed by atoms with Crippen LogP contribution in [0.1, 0.15) is 23.5 Å². The van der Waals surface area contributed by atoms with Gasteiger partial charge in [-0.05, 0) is 12.1 Å². The van der Waals surface area contributed by atoms with Crippen molar-refractivity contribution in [3.8, 4) is 0 Å². The van der Waals surface area contributed by atoms with E-state index in [1.165, 1.54) is 12.5 Å². The van der Waals surface area contributed by atoms with Crippen molar-refractivity contribution in [2.75, 3.05) is 13.2 Å². The molecule has 1 aliphatic heterocycles. The van der Waals surface area contributed by atoms with E-state index in [-0.39, 0.29) is 5.91 Å². The highest BCUT2D eigenvalue weighted by Crippen LogP contribution is 2.36. The quantitative estimate of drug-likeness (QED) is 0.687. The second-order valence-electron chi connectivity index (χ2n) is 6.05. The summed E-state index contributed by atoms with van der Waals surface area (Å²) in [6.45, 7) is 1.06. The number of ether oxygens (including phenoxy) is 1. The van der Waals surface area contributed by atoms with Gasteiger partial charge in [-0.2, -0.15) is 4.98 Å². The van der Waals surface area contributed by atoms with Gasteiger partial charge in [0.25, 0.3) is 0 Å². The van der Waals surface area contributed by atoms with Gasteiger partial charge in [0.1, 0.15) is 5.54 Å². The van der Waals surface area contributed by atoms with Crippen molar-refractivity contribution >= 4 is 45.0 Å². The van der Waals surface area contributed by atoms with E-state index < -0.39 is 5.54 Å². The van der Waals surface area contributed by atoms with Gasteiger partial charge < -0.3 is 14.6 Å². The Kier molecular flexibility index (Phi) is 4.76. The molecule has 1 aliphatic rings. The number of aromatic nitrogens is 2. The number of nitrogens with one attached hydrogen (secondary N) is 1. The summed E-state index contributed by atoms with van der Waals surface area (Å²) in [5.41, 5.74) is -0.670. The van der Waals surface area contributed by atoms with Gasteiger partial charge in [-0.15, -0.1) is 11.3 Å². The fraction of sp³-hybridized carbons (Fsp3) is 0.278. The summed E-state index contributed by atoms with van der Waals surface area (Å²) in [7, 11) is 0. The molecule has 1 amide bonds. The first-order valence-corrected chi connectivity index (χ1v) is 9.39. The number of halogens is 1. The third kappa shape index (κ3) is 3.25. The maximum absolute atomic E-state index is 12.5. The minimum Gasteiger partial charge on any atom is -0.381 e. The standard InChI is InChI=1S/C18H16ClN3O3S/c19-16-12-3-1-2-4-13(12)26-14(16)5-6-15(23)21-18(7-9-24-10-8-18)17-20-11-25-22-17/h1-6,11H,7-10H2,(H,21,23). The van der Waals surface area contributed by atoms with Crippen molar-refractivity contribution in [2.45, 2.75) is 18.4 Å². The molecule has 3 heterocycles. The van der Waals surface area contributed by atoms with Crippen LogP contribution < -0.4 is 5.32 Å². The Morgan fingerprint density at radius 1 is 1.31 bits per heavy atom. The lowest BCUT2D eigenvalue weighted by molar-refractivity contribution is -0.120.